The van der Waals surface area contributed by atoms with Crippen LogP contribution in [0, 0.1) is 5.82 Å². The molecular formula is C10H12FNO3. The number of carbonyl (C=O) groups is 1. The summed E-state index contributed by atoms with van der Waals surface area (Å²) in [4.78, 5) is 11.0. The number of carbonyl (C=O) groups excluding carboxylic acids is 1. The zero-order chi connectivity index (χ0) is 11.4. The Hall–Kier alpha value is -1.46. The van der Waals surface area contributed by atoms with Crippen LogP contribution in [0.3, 0.4) is 0 Å². The molecule has 15 heavy (non-hydrogen) atoms. The molecular weight excluding hydrogens is 201 g/mol. The highest BCUT2D eigenvalue weighted by Gasteiger charge is 2.26. The van der Waals surface area contributed by atoms with Crippen LogP contribution in [0.5, 0.6) is 0 Å². The summed E-state index contributed by atoms with van der Waals surface area (Å²) in [5.74, 6) is -1.45. The van der Waals surface area contributed by atoms with Crippen molar-refractivity contribution in [1.82, 2.24) is 0 Å². The van der Waals surface area contributed by atoms with E-state index in [1.165, 1.54) is 18.2 Å². The molecule has 3 N–H and O–H groups in total. The van der Waals surface area contributed by atoms with Gasteiger partial charge in [-0.3, -0.25) is 0 Å². The second kappa shape index (κ2) is 4.86. The van der Waals surface area contributed by atoms with Gasteiger partial charge in [0.2, 0.25) is 0 Å². The van der Waals surface area contributed by atoms with Gasteiger partial charge >= 0.3 is 5.97 Å². The summed E-state index contributed by atoms with van der Waals surface area (Å²) in [7, 11) is 1.12. The maximum Gasteiger partial charge on any atom is 0.336 e. The van der Waals surface area contributed by atoms with Crippen molar-refractivity contribution in [2.45, 2.75) is 12.1 Å². The van der Waals surface area contributed by atoms with E-state index in [0.717, 1.165) is 7.11 Å². The highest BCUT2D eigenvalue weighted by atomic mass is 19.1. The Bertz CT molecular complexity index is 356. The monoisotopic (exact) mass is 213 g/mol. The van der Waals surface area contributed by atoms with Gasteiger partial charge in [-0.2, -0.15) is 0 Å². The lowest BCUT2D eigenvalue weighted by atomic mass is 10.0. The van der Waals surface area contributed by atoms with Crippen LogP contribution in [0.15, 0.2) is 24.3 Å². The third-order valence-corrected chi connectivity index (χ3v) is 2.05. The van der Waals surface area contributed by atoms with Crippen LogP contribution in [0.25, 0.3) is 0 Å². The Balaban J connectivity index is 2.89. The molecule has 82 valence electrons. The number of benzene rings is 1. The molecule has 0 aliphatic carbocycles. The predicted molar refractivity (Wildman–Crippen MR) is 51.4 cm³/mol. The quantitative estimate of drug-likeness (QED) is 0.711. The lowest BCUT2D eigenvalue weighted by Crippen LogP contribution is -2.34. The van der Waals surface area contributed by atoms with Crippen molar-refractivity contribution in [2.24, 2.45) is 5.73 Å². The third-order valence-electron chi connectivity index (χ3n) is 2.05. The van der Waals surface area contributed by atoms with Crippen molar-refractivity contribution in [2.75, 3.05) is 7.11 Å². The molecule has 0 radical (unpaired) electrons. The van der Waals surface area contributed by atoms with E-state index in [2.05, 4.69) is 4.74 Å². The van der Waals surface area contributed by atoms with Crippen LogP contribution in [0.2, 0.25) is 0 Å². The van der Waals surface area contributed by atoms with E-state index in [1.54, 1.807) is 6.07 Å². The minimum Gasteiger partial charge on any atom is -0.467 e. The van der Waals surface area contributed by atoms with Crippen molar-refractivity contribution in [3.05, 3.63) is 35.6 Å². The summed E-state index contributed by atoms with van der Waals surface area (Å²) in [5.41, 5.74) is 5.60. The van der Waals surface area contributed by atoms with E-state index in [-0.39, 0.29) is 5.56 Å². The van der Waals surface area contributed by atoms with Gasteiger partial charge in [0.1, 0.15) is 5.82 Å². The number of aliphatic hydroxyl groups excluding tert-OH is 1. The number of esters is 1. The molecule has 0 unspecified atom stereocenters. The Labute approximate surface area is 86.5 Å². The Morgan fingerprint density at radius 2 is 2.13 bits per heavy atom. The van der Waals surface area contributed by atoms with Gasteiger partial charge in [0.05, 0.1) is 13.2 Å². The second-order valence-corrected chi connectivity index (χ2v) is 3.02. The fraction of sp³-hybridized carbons (Fsp3) is 0.300. The van der Waals surface area contributed by atoms with Crippen LogP contribution < -0.4 is 5.73 Å². The van der Waals surface area contributed by atoms with E-state index in [1.807, 2.05) is 0 Å². The van der Waals surface area contributed by atoms with E-state index >= 15 is 0 Å². The summed E-state index contributed by atoms with van der Waals surface area (Å²) in [6.07, 6.45) is -1.56. The van der Waals surface area contributed by atoms with Crippen molar-refractivity contribution >= 4 is 5.97 Å². The first kappa shape index (κ1) is 11.6. The molecule has 0 fully saturated rings. The van der Waals surface area contributed by atoms with Gasteiger partial charge in [-0.15, -0.1) is 0 Å². The lowest BCUT2D eigenvalue weighted by Gasteiger charge is -2.17. The minimum atomic E-state index is -1.56. The highest BCUT2D eigenvalue weighted by Crippen LogP contribution is 2.18. The number of halogens is 1. The van der Waals surface area contributed by atoms with Crippen molar-refractivity contribution in [3.63, 3.8) is 0 Å². The number of methoxy groups -OCH3 is 1. The normalized spacial score (nSPS) is 14.4. The van der Waals surface area contributed by atoms with Gasteiger partial charge in [0, 0.05) is 5.56 Å². The SMILES string of the molecule is COC(=O)[C@H](O)[C@@H](N)c1ccccc1F. The molecule has 0 saturated heterocycles. The number of aliphatic hydroxyl groups is 1. The van der Waals surface area contributed by atoms with Crippen LogP contribution in [0.4, 0.5) is 4.39 Å². The minimum absolute atomic E-state index is 0.0791. The van der Waals surface area contributed by atoms with Gasteiger partial charge in [0.25, 0.3) is 0 Å². The molecule has 1 aromatic carbocycles. The van der Waals surface area contributed by atoms with Gasteiger partial charge in [-0.05, 0) is 6.07 Å². The smallest absolute Gasteiger partial charge is 0.336 e. The van der Waals surface area contributed by atoms with E-state index in [0.29, 0.717) is 0 Å². The van der Waals surface area contributed by atoms with Crippen LogP contribution in [0.1, 0.15) is 11.6 Å². The lowest BCUT2D eigenvalue weighted by molar-refractivity contribution is -0.151. The maximum atomic E-state index is 13.2. The number of hydrogen-bond donors (Lipinski definition) is 2. The molecule has 0 heterocycles. The zero-order valence-corrected chi connectivity index (χ0v) is 8.18. The molecule has 1 aromatic rings. The highest BCUT2D eigenvalue weighted by molar-refractivity contribution is 5.75. The molecule has 0 aliphatic heterocycles. The fourth-order valence-corrected chi connectivity index (χ4v) is 1.18. The molecule has 0 saturated carbocycles. The molecule has 0 amide bonds. The molecule has 0 aliphatic rings. The van der Waals surface area contributed by atoms with Crippen LogP contribution in [-0.4, -0.2) is 24.3 Å². The number of hydrogen-bond acceptors (Lipinski definition) is 4. The molecule has 2 atom stereocenters. The summed E-state index contributed by atoms with van der Waals surface area (Å²) in [6.45, 7) is 0. The van der Waals surface area contributed by atoms with E-state index in [9.17, 15) is 14.3 Å². The molecule has 4 nitrogen and oxygen atoms in total. The fourth-order valence-electron chi connectivity index (χ4n) is 1.18. The number of rotatable bonds is 3. The molecule has 0 spiro atoms. The van der Waals surface area contributed by atoms with E-state index < -0.39 is 23.9 Å². The van der Waals surface area contributed by atoms with Crippen LogP contribution in [-0.2, 0) is 9.53 Å². The third kappa shape index (κ3) is 2.51. The predicted octanol–water partition coefficient (Wildman–Crippen LogP) is 0.359. The Kier molecular flexibility index (Phi) is 3.76. The average molecular weight is 213 g/mol. The average Bonchev–Trinajstić information content (AvgIpc) is 2.26. The Morgan fingerprint density at radius 1 is 1.53 bits per heavy atom. The summed E-state index contributed by atoms with van der Waals surface area (Å²) in [6, 6.07) is 4.56. The first-order valence-corrected chi connectivity index (χ1v) is 4.34. The van der Waals surface area contributed by atoms with Crippen molar-refractivity contribution in [1.29, 1.82) is 0 Å². The molecule has 5 heteroatoms. The summed E-state index contributed by atoms with van der Waals surface area (Å²) < 4.78 is 17.5. The number of nitrogens with two attached hydrogens (primary N) is 1. The standard InChI is InChI=1S/C10H12FNO3/c1-15-10(14)9(13)8(12)6-4-2-3-5-7(6)11/h2-5,8-9,13H,12H2,1H3/t8-,9+/m0/s1. The largest absolute Gasteiger partial charge is 0.467 e. The molecule has 1 rings (SSSR count). The van der Waals surface area contributed by atoms with Gasteiger partial charge in [-0.25, -0.2) is 9.18 Å². The van der Waals surface area contributed by atoms with Gasteiger partial charge in [0.15, 0.2) is 6.10 Å². The van der Waals surface area contributed by atoms with Crippen molar-refractivity contribution < 1.29 is 19.0 Å². The topological polar surface area (TPSA) is 72.5 Å². The van der Waals surface area contributed by atoms with Gasteiger partial charge < -0.3 is 15.6 Å². The first-order valence-electron chi connectivity index (χ1n) is 4.34. The summed E-state index contributed by atoms with van der Waals surface area (Å²) in [5, 5.41) is 9.40. The van der Waals surface area contributed by atoms with Crippen molar-refractivity contribution in [3.8, 4) is 0 Å². The second-order valence-electron chi connectivity index (χ2n) is 3.02. The molecule has 0 aromatic heterocycles. The molecule has 0 bridgehead atoms. The van der Waals surface area contributed by atoms with E-state index in [4.69, 9.17) is 5.73 Å². The number of ether oxygens (including phenoxy) is 1. The van der Waals surface area contributed by atoms with Crippen LogP contribution >= 0.6 is 0 Å². The zero-order valence-electron chi connectivity index (χ0n) is 8.18. The summed E-state index contributed by atoms with van der Waals surface area (Å²) >= 11 is 0. The first-order chi connectivity index (χ1) is 7.07. The van der Waals surface area contributed by atoms with Gasteiger partial charge in [-0.1, -0.05) is 18.2 Å². The maximum absolute atomic E-state index is 13.2. The Morgan fingerprint density at radius 3 is 2.67 bits per heavy atom.